The molecule has 1 aromatic carbocycles. The molecule has 17 heavy (non-hydrogen) atoms. The number of hydrogen-bond acceptors (Lipinski definition) is 1. The lowest BCUT2D eigenvalue weighted by Gasteiger charge is -2.15. The van der Waals surface area contributed by atoms with E-state index in [0.717, 1.165) is 16.7 Å². The number of ether oxygens (including phenoxy) is 1. The Labute approximate surface area is 107 Å². The Bertz CT molecular complexity index is 377. The van der Waals surface area contributed by atoms with Crippen molar-refractivity contribution in [3.8, 4) is 0 Å². The average molecular weight is 311 g/mol. The largest absolute Gasteiger partial charge is 0.411 e. The Hall–Kier alpha value is -0.550. The van der Waals surface area contributed by atoms with Crippen LogP contribution in [0, 0.1) is 13.8 Å². The van der Waals surface area contributed by atoms with Crippen LogP contribution in [0.25, 0.3) is 0 Å². The topological polar surface area (TPSA) is 9.23 Å². The van der Waals surface area contributed by atoms with Crippen molar-refractivity contribution >= 4 is 15.9 Å². The fraction of sp³-hybridized carbons (Fsp3) is 0.500. The molecule has 0 amide bonds. The molecule has 5 heteroatoms. The van der Waals surface area contributed by atoms with Crippen LogP contribution >= 0.6 is 15.9 Å². The van der Waals surface area contributed by atoms with Gasteiger partial charge in [-0.05, 0) is 25.0 Å². The van der Waals surface area contributed by atoms with E-state index in [9.17, 15) is 13.2 Å². The highest BCUT2D eigenvalue weighted by molar-refractivity contribution is 9.09. The smallest absolute Gasteiger partial charge is 0.371 e. The summed E-state index contributed by atoms with van der Waals surface area (Å²) in [5, 5.41) is 0. The molecule has 0 saturated heterocycles. The molecule has 0 aliphatic heterocycles. The maximum atomic E-state index is 11.9. The Balaban J connectivity index is 2.55. The number of benzene rings is 1. The van der Waals surface area contributed by atoms with Crippen molar-refractivity contribution in [3.05, 3.63) is 34.9 Å². The minimum atomic E-state index is -4.27. The van der Waals surface area contributed by atoms with Gasteiger partial charge in [-0.3, -0.25) is 0 Å². The summed E-state index contributed by atoms with van der Waals surface area (Å²) < 4.78 is 40.3. The third-order valence-electron chi connectivity index (χ3n) is 2.29. The van der Waals surface area contributed by atoms with Crippen LogP contribution in [-0.2, 0) is 4.74 Å². The Kier molecular flexibility index (Phi) is 5.01. The lowest BCUT2D eigenvalue weighted by molar-refractivity contribution is -0.173. The molecule has 0 saturated carbocycles. The molecule has 0 aromatic heterocycles. The lowest BCUT2D eigenvalue weighted by Crippen LogP contribution is -2.18. The van der Waals surface area contributed by atoms with Crippen LogP contribution in [0.5, 0.6) is 0 Å². The number of aryl methyl sites for hydroxylation is 2. The quantitative estimate of drug-likeness (QED) is 0.753. The van der Waals surface area contributed by atoms with Crippen molar-refractivity contribution in [3.63, 3.8) is 0 Å². The predicted octanol–water partition coefficient (Wildman–Crippen LogP) is 4.32. The maximum absolute atomic E-state index is 11.9. The molecule has 0 bridgehead atoms. The van der Waals surface area contributed by atoms with Gasteiger partial charge < -0.3 is 4.74 Å². The highest BCUT2D eigenvalue weighted by atomic mass is 79.9. The van der Waals surface area contributed by atoms with Gasteiger partial charge in [0.15, 0.2) is 0 Å². The van der Waals surface area contributed by atoms with E-state index in [4.69, 9.17) is 0 Å². The van der Waals surface area contributed by atoms with E-state index in [2.05, 4.69) is 20.7 Å². The van der Waals surface area contributed by atoms with Crippen LogP contribution in [0.4, 0.5) is 13.2 Å². The van der Waals surface area contributed by atoms with E-state index in [0.29, 0.717) is 0 Å². The summed E-state index contributed by atoms with van der Waals surface area (Å²) in [6.45, 7) is 2.70. The van der Waals surface area contributed by atoms with Gasteiger partial charge in [0.2, 0.25) is 0 Å². The molecule has 0 aliphatic carbocycles. The molecule has 0 radical (unpaired) electrons. The van der Waals surface area contributed by atoms with Crippen LogP contribution in [-0.4, -0.2) is 19.4 Å². The van der Waals surface area contributed by atoms with Gasteiger partial charge in [0.25, 0.3) is 0 Å². The van der Waals surface area contributed by atoms with Crippen LogP contribution in [0.3, 0.4) is 0 Å². The van der Waals surface area contributed by atoms with Gasteiger partial charge in [-0.15, -0.1) is 0 Å². The molecular weight excluding hydrogens is 297 g/mol. The van der Waals surface area contributed by atoms with Crippen molar-refractivity contribution in [2.75, 3.05) is 13.2 Å². The highest BCUT2D eigenvalue weighted by Crippen LogP contribution is 2.27. The van der Waals surface area contributed by atoms with Gasteiger partial charge in [-0.25, -0.2) is 0 Å². The fourth-order valence-electron chi connectivity index (χ4n) is 1.54. The summed E-state index contributed by atoms with van der Waals surface area (Å²) >= 11 is 3.34. The number of alkyl halides is 4. The summed E-state index contributed by atoms with van der Waals surface area (Å²) in [6, 6.07) is 5.83. The molecule has 0 N–H and O–H groups in total. The SMILES string of the molecule is Cc1ccc(C(Br)COCC(F)(F)F)c(C)c1. The molecule has 1 rings (SSSR count). The van der Waals surface area contributed by atoms with Crippen molar-refractivity contribution in [1.82, 2.24) is 0 Å². The monoisotopic (exact) mass is 310 g/mol. The van der Waals surface area contributed by atoms with Gasteiger partial charge in [0.05, 0.1) is 11.4 Å². The lowest BCUT2D eigenvalue weighted by atomic mass is 10.0. The Morgan fingerprint density at radius 1 is 1.29 bits per heavy atom. The second kappa shape index (κ2) is 5.87. The van der Waals surface area contributed by atoms with Crippen molar-refractivity contribution < 1.29 is 17.9 Å². The zero-order valence-electron chi connectivity index (χ0n) is 9.64. The molecule has 0 spiro atoms. The third-order valence-corrected chi connectivity index (χ3v) is 3.05. The summed E-state index contributed by atoms with van der Waals surface area (Å²) in [7, 11) is 0. The second-order valence-corrected chi connectivity index (χ2v) is 5.06. The van der Waals surface area contributed by atoms with Gasteiger partial charge in [-0.1, -0.05) is 39.7 Å². The van der Waals surface area contributed by atoms with E-state index in [1.54, 1.807) is 0 Å². The molecule has 0 fully saturated rings. The zero-order chi connectivity index (χ0) is 13.1. The first-order chi connectivity index (χ1) is 7.79. The third kappa shape index (κ3) is 5.08. The molecule has 0 aliphatic rings. The van der Waals surface area contributed by atoms with Crippen molar-refractivity contribution in [2.45, 2.75) is 24.9 Å². The Morgan fingerprint density at radius 2 is 1.94 bits per heavy atom. The normalized spacial score (nSPS) is 13.8. The first-order valence-corrected chi connectivity index (χ1v) is 6.07. The maximum Gasteiger partial charge on any atom is 0.411 e. The van der Waals surface area contributed by atoms with E-state index in [1.807, 2.05) is 32.0 Å². The van der Waals surface area contributed by atoms with Gasteiger partial charge in [-0.2, -0.15) is 13.2 Å². The van der Waals surface area contributed by atoms with Gasteiger partial charge in [0, 0.05) is 0 Å². The second-order valence-electron chi connectivity index (χ2n) is 3.96. The molecule has 1 unspecified atom stereocenters. The van der Waals surface area contributed by atoms with E-state index in [-0.39, 0.29) is 11.4 Å². The minimum absolute atomic E-state index is 0.00338. The molecule has 1 nitrogen and oxygen atoms in total. The van der Waals surface area contributed by atoms with E-state index < -0.39 is 12.8 Å². The van der Waals surface area contributed by atoms with Crippen LogP contribution < -0.4 is 0 Å². The molecule has 1 aromatic rings. The Morgan fingerprint density at radius 3 is 2.47 bits per heavy atom. The van der Waals surface area contributed by atoms with Gasteiger partial charge in [0.1, 0.15) is 6.61 Å². The standard InChI is InChI=1S/C12H14BrF3O/c1-8-3-4-10(9(2)5-8)11(13)6-17-7-12(14,15)16/h3-5,11H,6-7H2,1-2H3. The van der Waals surface area contributed by atoms with Gasteiger partial charge >= 0.3 is 6.18 Å². The minimum Gasteiger partial charge on any atom is -0.371 e. The molecule has 0 heterocycles. The van der Waals surface area contributed by atoms with E-state index in [1.165, 1.54) is 0 Å². The molecule has 96 valence electrons. The fourth-order valence-corrected chi connectivity index (χ4v) is 2.25. The van der Waals surface area contributed by atoms with E-state index >= 15 is 0 Å². The van der Waals surface area contributed by atoms with Crippen LogP contribution in [0.2, 0.25) is 0 Å². The van der Waals surface area contributed by atoms with Crippen molar-refractivity contribution in [2.24, 2.45) is 0 Å². The number of halogens is 4. The van der Waals surface area contributed by atoms with Crippen molar-refractivity contribution in [1.29, 1.82) is 0 Å². The first kappa shape index (κ1) is 14.5. The predicted molar refractivity (Wildman–Crippen MR) is 64.5 cm³/mol. The summed E-state index contributed by atoms with van der Waals surface area (Å²) in [5.74, 6) is 0. The summed E-state index contributed by atoms with van der Waals surface area (Å²) in [5.41, 5.74) is 3.13. The highest BCUT2D eigenvalue weighted by Gasteiger charge is 2.27. The average Bonchev–Trinajstić information content (AvgIpc) is 2.15. The van der Waals surface area contributed by atoms with Crippen LogP contribution in [0.1, 0.15) is 21.5 Å². The van der Waals surface area contributed by atoms with Crippen LogP contribution in [0.15, 0.2) is 18.2 Å². The number of hydrogen-bond donors (Lipinski definition) is 0. The number of rotatable bonds is 4. The summed E-state index contributed by atoms with van der Waals surface area (Å²) in [4.78, 5) is -0.217. The molecule has 1 atom stereocenters. The first-order valence-electron chi connectivity index (χ1n) is 5.15. The molecular formula is C12H14BrF3O. The zero-order valence-corrected chi connectivity index (χ0v) is 11.2. The summed E-state index contributed by atoms with van der Waals surface area (Å²) in [6.07, 6.45) is -4.27.